The molecule has 2 aromatic carbocycles. The van der Waals surface area contributed by atoms with Crippen LogP contribution in [-0.2, 0) is 25.3 Å². The molecule has 1 amide bonds. The normalized spacial score (nSPS) is 22.1. The smallest absolute Gasteiger partial charge is 0.415 e. The summed E-state index contributed by atoms with van der Waals surface area (Å²) in [5.74, 6) is 0.751. The maximum absolute atomic E-state index is 12.7. The monoisotopic (exact) mass is 612 g/mol. The van der Waals surface area contributed by atoms with E-state index in [2.05, 4.69) is 36.2 Å². The molecule has 2 unspecified atom stereocenters. The van der Waals surface area contributed by atoms with Crippen molar-refractivity contribution in [1.82, 2.24) is 4.90 Å². The quantitative estimate of drug-likeness (QED) is 0.359. The van der Waals surface area contributed by atoms with Crippen LogP contribution in [0, 0.1) is 0 Å². The van der Waals surface area contributed by atoms with Crippen molar-refractivity contribution in [3.8, 4) is 0 Å². The maximum atomic E-state index is 12.7. The van der Waals surface area contributed by atoms with Gasteiger partial charge in [0.25, 0.3) is 0 Å². The average Bonchev–Trinajstić information content (AvgIpc) is 2.88. The van der Waals surface area contributed by atoms with Crippen molar-refractivity contribution >= 4 is 36.1 Å². The lowest BCUT2D eigenvalue weighted by atomic mass is 9.85. The summed E-state index contributed by atoms with van der Waals surface area (Å²) in [4.78, 5) is 36.0. The molecular formula is C34H49ClN4O4. The Kier molecular flexibility index (Phi) is 12.0. The summed E-state index contributed by atoms with van der Waals surface area (Å²) in [6.07, 6.45) is 3.23. The van der Waals surface area contributed by atoms with Crippen LogP contribution in [0.3, 0.4) is 0 Å². The second-order valence-electron chi connectivity index (χ2n) is 13.4. The Balaban J connectivity index is 0.000000359. The first kappa shape index (κ1) is 35.8. The Labute approximate surface area is 263 Å². The van der Waals surface area contributed by atoms with Gasteiger partial charge in [0.2, 0.25) is 0 Å². The van der Waals surface area contributed by atoms with Crippen LogP contribution in [0.5, 0.6) is 0 Å². The van der Waals surface area contributed by atoms with E-state index in [1.807, 2.05) is 84.9 Å². The number of amides is 1. The third kappa shape index (κ3) is 10.7. The van der Waals surface area contributed by atoms with Crippen molar-refractivity contribution in [1.29, 1.82) is 0 Å². The maximum Gasteiger partial charge on any atom is 0.415 e. The van der Waals surface area contributed by atoms with Gasteiger partial charge in [0, 0.05) is 13.0 Å². The molecule has 0 saturated carbocycles. The van der Waals surface area contributed by atoms with E-state index < -0.39 is 28.8 Å². The van der Waals surface area contributed by atoms with Crippen LogP contribution in [0.25, 0.3) is 0 Å². The summed E-state index contributed by atoms with van der Waals surface area (Å²) in [6, 6.07) is 20.3. The fourth-order valence-corrected chi connectivity index (χ4v) is 5.07. The minimum atomic E-state index is -0.631. The minimum Gasteiger partial charge on any atom is -0.460 e. The van der Waals surface area contributed by atoms with Crippen molar-refractivity contribution in [2.24, 2.45) is 15.7 Å². The molecule has 0 radical (unpaired) electrons. The first-order valence-electron chi connectivity index (χ1n) is 14.8. The molecule has 0 saturated heterocycles. The molecule has 0 fully saturated rings. The number of hydrogen-bond donors (Lipinski definition) is 1. The van der Waals surface area contributed by atoms with Crippen molar-refractivity contribution < 1.29 is 19.1 Å². The molecule has 8 nitrogen and oxygen atoms in total. The lowest BCUT2D eigenvalue weighted by Gasteiger charge is -2.38. The van der Waals surface area contributed by atoms with Gasteiger partial charge in [-0.1, -0.05) is 60.7 Å². The number of hydrogen-bond acceptors (Lipinski definition) is 7. The first-order valence-corrected chi connectivity index (χ1v) is 14.8. The number of nitrogens with two attached hydrogens (primary N) is 1. The summed E-state index contributed by atoms with van der Waals surface area (Å²) < 4.78 is 11.0. The van der Waals surface area contributed by atoms with Gasteiger partial charge in [-0.15, -0.1) is 12.4 Å². The third-order valence-corrected chi connectivity index (χ3v) is 7.12. The number of ether oxygens (including phenoxy) is 2. The molecule has 2 aliphatic heterocycles. The summed E-state index contributed by atoms with van der Waals surface area (Å²) in [7, 11) is 0. The number of carbonyl (C=O) groups excluding carboxylic acids is 2. The van der Waals surface area contributed by atoms with Crippen LogP contribution in [0.2, 0.25) is 0 Å². The fourth-order valence-electron chi connectivity index (χ4n) is 5.07. The van der Waals surface area contributed by atoms with E-state index in [4.69, 9.17) is 20.2 Å². The SMILES string of the molecule is CC(C)(C)OC(=O)CC1=NC(C)(c2ccccc2)CCN1C(=O)OC(C)(C)C.CC1(c2ccccc2)CCCC(N)=N1.Cl. The summed E-state index contributed by atoms with van der Waals surface area (Å²) >= 11 is 0. The van der Waals surface area contributed by atoms with Crippen LogP contribution in [0.15, 0.2) is 70.6 Å². The highest BCUT2D eigenvalue weighted by Crippen LogP contribution is 2.35. The highest BCUT2D eigenvalue weighted by atomic mass is 35.5. The molecule has 0 aliphatic carbocycles. The minimum absolute atomic E-state index is 0. The van der Waals surface area contributed by atoms with E-state index >= 15 is 0 Å². The van der Waals surface area contributed by atoms with Crippen LogP contribution in [-0.4, -0.2) is 46.4 Å². The van der Waals surface area contributed by atoms with Gasteiger partial charge in [0.05, 0.1) is 16.9 Å². The summed E-state index contributed by atoms with van der Waals surface area (Å²) in [5, 5.41) is 0. The van der Waals surface area contributed by atoms with Crippen LogP contribution in [0.1, 0.15) is 98.6 Å². The number of carbonyl (C=O) groups is 2. The Hall–Kier alpha value is -3.39. The van der Waals surface area contributed by atoms with E-state index in [9.17, 15) is 9.59 Å². The third-order valence-electron chi connectivity index (χ3n) is 7.12. The molecule has 2 aliphatic rings. The summed E-state index contributed by atoms with van der Waals surface area (Å²) in [5.41, 5.74) is 6.26. The van der Waals surface area contributed by atoms with Gasteiger partial charge in [-0.2, -0.15) is 0 Å². The van der Waals surface area contributed by atoms with E-state index in [1.165, 1.54) is 10.5 Å². The highest BCUT2D eigenvalue weighted by molar-refractivity contribution is 6.04. The zero-order valence-corrected chi connectivity index (χ0v) is 27.8. The second kappa shape index (κ2) is 14.4. The van der Waals surface area contributed by atoms with Gasteiger partial charge < -0.3 is 15.2 Å². The second-order valence-corrected chi connectivity index (χ2v) is 13.4. The lowest BCUT2D eigenvalue weighted by molar-refractivity contribution is -0.153. The van der Waals surface area contributed by atoms with Gasteiger partial charge in [-0.25, -0.2) is 4.79 Å². The largest absolute Gasteiger partial charge is 0.460 e. The molecule has 2 N–H and O–H groups in total. The fraction of sp³-hybridized carbons (Fsp3) is 0.529. The number of esters is 1. The molecule has 0 bridgehead atoms. The predicted molar refractivity (Wildman–Crippen MR) is 176 cm³/mol. The number of rotatable bonds is 4. The molecule has 9 heteroatoms. The van der Waals surface area contributed by atoms with Gasteiger partial charge in [0.15, 0.2) is 0 Å². The number of benzene rings is 2. The Morgan fingerprint density at radius 1 is 0.814 bits per heavy atom. The average molecular weight is 613 g/mol. The predicted octanol–water partition coefficient (Wildman–Crippen LogP) is 7.54. The Morgan fingerprint density at radius 3 is 1.77 bits per heavy atom. The molecule has 2 heterocycles. The van der Waals surface area contributed by atoms with Crippen molar-refractivity contribution in [2.45, 2.75) is 110 Å². The molecule has 0 aromatic heterocycles. The van der Waals surface area contributed by atoms with Crippen molar-refractivity contribution in [3.63, 3.8) is 0 Å². The molecular weight excluding hydrogens is 564 g/mol. The Morgan fingerprint density at radius 2 is 1.30 bits per heavy atom. The number of halogens is 1. The lowest BCUT2D eigenvalue weighted by Crippen LogP contribution is -2.48. The zero-order chi connectivity index (χ0) is 31.2. The summed E-state index contributed by atoms with van der Waals surface area (Å²) in [6.45, 7) is 15.5. The van der Waals surface area contributed by atoms with E-state index in [-0.39, 0.29) is 24.4 Å². The first-order chi connectivity index (χ1) is 19.5. The molecule has 2 aromatic rings. The molecule has 43 heavy (non-hydrogen) atoms. The topological polar surface area (TPSA) is 107 Å². The Bertz CT molecular complexity index is 1280. The standard InChI is InChI=1S/C22H32N2O4.C12H16N2.ClH/c1-20(2,3)27-18(25)15-17-23-22(7,16-11-9-8-10-12-16)13-14-24(17)19(26)28-21(4,5)6;1-12(9-5-8-11(13)14-12)10-6-3-2-4-7-10;/h8-12H,13-15H2,1-7H3;2-4,6-7H,5,8-9H2,1H3,(H2,13,14);1H. The van der Waals surface area contributed by atoms with Gasteiger partial charge in [0.1, 0.15) is 23.5 Å². The number of aliphatic imine (C=N–C) groups is 2. The van der Waals surface area contributed by atoms with Crippen LogP contribution < -0.4 is 5.73 Å². The van der Waals surface area contributed by atoms with Crippen molar-refractivity contribution in [2.75, 3.05) is 6.54 Å². The van der Waals surface area contributed by atoms with Crippen LogP contribution in [0.4, 0.5) is 4.79 Å². The number of nitrogens with zero attached hydrogens (tertiary/aromatic N) is 3. The van der Waals surface area contributed by atoms with E-state index in [0.29, 0.717) is 18.8 Å². The molecule has 2 atom stereocenters. The molecule has 4 rings (SSSR count). The van der Waals surface area contributed by atoms with E-state index in [0.717, 1.165) is 30.7 Å². The van der Waals surface area contributed by atoms with Gasteiger partial charge in [-0.05, 0) is 85.8 Å². The molecule has 0 spiro atoms. The highest BCUT2D eigenvalue weighted by Gasteiger charge is 2.38. The van der Waals surface area contributed by atoms with Gasteiger partial charge >= 0.3 is 12.1 Å². The van der Waals surface area contributed by atoms with E-state index in [1.54, 1.807) is 0 Å². The van der Waals surface area contributed by atoms with Crippen molar-refractivity contribution in [3.05, 3.63) is 71.8 Å². The zero-order valence-electron chi connectivity index (χ0n) is 27.0. The van der Waals surface area contributed by atoms with Gasteiger partial charge in [-0.3, -0.25) is 19.7 Å². The molecule has 236 valence electrons. The number of amidine groups is 2. The van der Waals surface area contributed by atoms with Crippen LogP contribution >= 0.6 is 12.4 Å².